The van der Waals surface area contributed by atoms with Crippen molar-refractivity contribution in [1.82, 2.24) is 4.98 Å². The van der Waals surface area contributed by atoms with Crippen molar-refractivity contribution in [2.24, 2.45) is 5.84 Å². The number of unbranched alkanes of at least 4 members (excludes halogenated alkanes) is 4. The Kier molecular flexibility index (Phi) is 6.33. The van der Waals surface area contributed by atoms with Gasteiger partial charge in [0.05, 0.1) is 6.61 Å². The summed E-state index contributed by atoms with van der Waals surface area (Å²) in [6.45, 7) is 2.94. The summed E-state index contributed by atoms with van der Waals surface area (Å²) in [4.78, 5) is 4.17. The highest BCUT2D eigenvalue weighted by Gasteiger charge is 1.96. The molecule has 4 nitrogen and oxygen atoms in total. The molecule has 1 aromatic heterocycles. The van der Waals surface area contributed by atoms with Gasteiger partial charge in [0.1, 0.15) is 5.82 Å². The minimum absolute atomic E-state index is 0.628. The van der Waals surface area contributed by atoms with E-state index < -0.39 is 0 Å². The molecule has 0 spiro atoms. The van der Waals surface area contributed by atoms with Gasteiger partial charge < -0.3 is 10.2 Å². The minimum atomic E-state index is 0.628. The number of aromatic nitrogens is 1. The average molecular weight is 223 g/mol. The molecule has 0 saturated heterocycles. The van der Waals surface area contributed by atoms with Gasteiger partial charge in [-0.25, -0.2) is 5.84 Å². The van der Waals surface area contributed by atoms with Crippen LogP contribution in [0.2, 0.25) is 0 Å². The van der Waals surface area contributed by atoms with Crippen LogP contribution in [0.1, 0.15) is 39.0 Å². The Hall–Kier alpha value is -1.29. The Morgan fingerprint density at radius 3 is 2.81 bits per heavy atom. The Morgan fingerprint density at radius 1 is 1.25 bits per heavy atom. The average Bonchev–Trinajstić information content (AvgIpc) is 2.34. The summed E-state index contributed by atoms with van der Waals surface area (Å²) in [5.41, 5.74) is 2.49. The fourth-order valence-electron chi connectivity index (χ4n) is 1.46. The van der Waals surface area contributed by atoms with E-state index in [-0.39, 0.29) is 0 Å². The third-order valence-corrected chi connectivity index (χ3v) is 2.37. The molecule has 16 heavy (non-hydrogen) atoms. The summed E-state index contributed by atoms with van der Waals surface area (Å²) in [5.74, 6) is 6.52. The van der Waals surface area contributed by atoms with Gasteiger partial charge in [-0.15, -0.1) is 0 Å². The Labute approximate surface area is 97.2 Å². The quantitative estimate of drug-likeness (QED) is 0.404. The number of ether oxygens (including phenoxy) is 1. The lowest BCUT2D eigenvalue weighted by Crippen LogP contribution is -2.09. The number of pyridine rings is 1. The zero-order chi connectivity index (χ0) is 11.6. The van der Waals surface area contributed by atoms with E-state index in [0.29, 0.717) is 11.7 Å². The number of anilines is 1. The lowest BCUT2D eigenvalue weighted by molar-refractivity contribution is 0.294. The van der Waals surface area contributed by atoms with Crippen LogP contribution in [0.4, 0.5) is 5.82 Å². The van der Waals surface area contributed by atoms with Crippen molar-refractivity contribution < 1.29 is 4.74 Å². The molecule has 0 radical (unpaired) electrons. The summed E-state index contributed by atoms with van der Waals surface area (Å²) in [6.07, 6.45) is 6.18. The van der Waals surface area contributed by atoms with Crippen molar-refractivity contribution in [3.63, 3.8) is 0 Å². The van der Waals surface area contributed by atoms with Gasteiger partial charge in [-0.2, -0.15) is 4.98 Å². The number of nitrogen functional groups attached to an aromatic ring is 1. The number of hydrazine groups is 1. The van der Waals surface area contributed by atoms with Gasteiger partial charge in [-0.05, 0) is 12.5 Å². The van der Waals surface area contributed by atoms with Crippen LogP contribution in [-0.4, -0.2) is 11.6 Å². The maximum Gasteiger partial charge on any atom is 0.215 e. The third-order valence-electron chi connectivity index (χ3n) is 2.37. The first-order valence-electron chi connectivity index (χ1n) is 5.93. The summed E-state index contributed by atoms with van der Waals surface area (Å²) in [7, 11) is 0. The molecule has 0 saturated carbocycles. The molecule has 0 bridgehead atoms. The molecule has 0 aliphatic heterocycles. The summed E-state index contributed by atoms with van der Waals surface area (Å²) >= 11 is 0. The summed E-state index contributed by atoms with van der Waals surface area (Å²) in [6, 6.07) is 5.51. The second-order valence-corrected chi connectivity index (χ2v) is 3.77. The molecule has 0 aliphatic rings. The van der Waals surface area contributed by atoms with Crippen molar-refractivity contribution >= 4 is 5.82 Å². The number of nitrogens with one attached hydrogen (secondary N) is 1. The highest BCUT2D eigenvalue weighted by Crippen LogP contribution is 2.11. The van der Waals surface area contributed by atoms with E-state index in [2.05, 4.69) is 17.3 Å². The van der Waals surface area contributed by atoms with Crippen LogP contribution in [0.3, 0.4) is 0 Å². The zero-order valence-corrected chi connectivity index (χ0v) is 9.91. The number of nitrogens with zero attached hydrogens (tertiary/aromatic N) is 1. The van der Waals surface area contributed by atoms with Crippen molar-refractivity contribution in [2.75, 3.05) is 12.0 Å². The molecule has 0 amide bonds. The predicted octanol–water partition coefficient (Wildman–Crippen LogP) is 2.72. The number of nitrogens with two attached hydrogens (primary N) is 1. The van der Waals surface area contributed by atoms with Gasteiger partial charge >= 0.3 is 0 Å². The largest absolute Gasteiger partial charge is 0.478 e. The number of rotatable bonds is 8. The molecule has 0 fully saturated rings. The Morgan fingerprint density at radius 2 is 2.06 bits per heavy atom. The van der Waals surface area contributed by atoms with E-state index in [1.54, 1.807) is 6.07 Å². The molecule has 1 aromatic rings. The van der Waals surface area contributed by atoms with Crippen molar-refractivity contribution in [3.8, 4) is 5.88 Å². The molecule has 0 atom stereocenters. The van der Waals surface area contributed by atoms with Crippen LogP contribution in [0, 0.1) is 0 Å². The van der Waals surface area contributed by atoms with Crippen LogP contribution in [0.5, 0.6) is 5.88 Å². The fourth-order valence-corrected chi connectivity index (χ4v) is 1.46. The molecule has 0 aliphatic carbocycles. The number of hydrogen-bond acceptors (Lipinski definition) is 4. The van der Waals surface area contributed by atoms with E-state index in [1.165, 1.54) is 25.7 Å². The Balaban J connectivity index is 2.16. The van der Waals surface area contributed by atoms with E-state index in [9.17, 15) is 0 Å². The first-order valence-corrected chi connectivity index (χ1v) is 5.93. The highest BCUT2D eigenvalue weighted by molar-refractivity contribution is 5.35. The van der Waals surface area contributed by atoms with Crippen molar-refractivity contribution in [3.05, 3.63) is 18.2 Å². The standard InChI is InChI=1S/C12H21N3O/c1-2-3-4-5-6-10-16-12-9-7-8-11(14-12)15-13/h7-9H,2-6,10,13H2,1H3,(H,14,15). The first kappa shape index (κ1) is 12.8. The van der Waals surface area contributed by atoms with Crippen LogP contribution in [-0.2, 0) is 0 Å². The SMILES string of the molecule is CCCCCCCOc1cccc(NN)n1. The minimum Gasteiger partial charge on any atom is -0.478 e. The molecule has 0 aromatic carbocycles. The lowest BCUT2D eigenvalue weighted by Gasteiger charge is -2.06. The molecule has 90 valence electrons. The van der Waals surface area contributed by atoms with Gasteiger partial charge in [0.25, 0.3) is 0 Å². The maximum absolute atomic E-state index is 5.52. The van der Waals surface area contributed by atoms with Crippen LogP contribution < -0.4 is 16.0 Å². The second kappa shape index (κ2) is 7.93. The maximum atomic E-state index is 5.52. The first-order chi connectivity index (χ1) is 7.86. The lowest BCUT2D eigenvalue weighted by atomic mass is 10.2. The highest BCUT2D eigenvalue weighted by atomic mass is 16.5. The molecule has 1 heterocycles. The van der Waals surface area contributed by atoms with Gasteiger partial charge in [0.2, 0.25) is 5.88 Å². The van der Waals surface area contributed by atoms with Crippen molar-refractivity contribution in [2.45, 2.75) is 39.0 Å². The predicted molar refractivity (Wildman–Crippen MR) is 66.3 cm³/mol. The molecule has 1 rings (SSSR count). The summed E-state index contributed by atoms with van der Waals surface area (Å²) in [5, 5.41) is 0. The van der Waals surface area contributed by atoms with Gasteiger partial charge in [0.15, 0.2) is 0 Å². The normalized spacial score (nSPS) is 10.1. The smallest absolute Gasteiger partial charge is 0.215 e. The zero-order valence-electron chi connectivity index (χ0n) is 9.91. The van der Waals surface area contributed by atoms with Gasteiger partial charge in [-0.3, -0.25) is 0 Å². The third kappa shape index (κ3) is 4.98. The van der Waals surface area contributed by atoms with E-state index in [1.807, 2.05) is 12.1 Å². The fraction of sp³-hybridized carbons (Fsp3) is 0.583. The second-order valence-electron chi connectivity index (χ2n) is 3.77. The molecule has 0 unspecified atom stereocenters. The molecular weight excluding hydrogens is 202 g/mol. The molecule has 3 N–H and O–H groups in total. The topological polar surface area (TPSA) is 60.2 Å². The van der Waals surface area contributed by atoms with Crippen molar-refractivity contribution in [1.29, 1.82) is 0 Å². The Bertz CT molecular complexity index is 291. The van der Waals surface area contributed by atoms with Crippen LogP contribution in [0.25, 0.3) is 0 Å². The van der Waals surface area contributed by atoms with E-state index in [0.717, 1.165) is 13.0 Å². The van der Waals surface area contributed by atoms with Crippen LogP contribution >= 0.6 is 0 Å². The molecular formula is C12H21N3O. The van der Waals surface area contributed by atoms with E-state index >= 15 is 0 Å². The monoisotopic (exact) mass is 223 g/mol. The number of hydrogen-bond donors (Lipinski definition) is 2. The van der Waals surface area contributed by atoms with Gasteiger partial charge in [0, 0.05) is 6.07 Å². The van der Waals surface area contributed by atoms with E-state index in [4.69, 9.17) is 10.6 Å². The summed E-state index contributed by atoms with van der Waals surface area (Å²) < 4.78 is 5.52. The van der Waals surface area contributed by atoms with Crippen LogP contribution in [0.15, 0.2) is 18.2 Å². The molecule has 4 heteroatoms. The van der Waals surface area contributed by atoms with Gasteiger partial charge in [-0.1, -0.05) is 38.7 Å².